The molecule has 8 nitrogen and oxygen atoms in total. The number of aliphatic hydroxyl groups is 3. The smallest absolute Gasteiger partial charge is 0.329 e. The summed E-state index contributed by atoms with van der Waals surface area (Å²) < 4.78 is 1.05. The van der Waals surface area contributed by atoms with Crippen LogP contribution >= 0.6 is 11.8 Å². The minimum absolute atomic E-state index is 0.163. The maximum Gasteiger partial charge on any atom is 0.329 e. The zero-order valence-electron chi connectivity index (χ0n) is 9.18. The summed E-state index contributed by atoms with van der Waals surface area (Å²) in [5.74, 6) is 0. The molecule has 100 valence electrons. The van der Waals surface area contributed by atoms with Gasteiger partial charge in [0.15, 0.2) is 0 Å². The van der Waals surface area contributed by atoms with Crippen LogP contribution in [0.5, 0.6) is 0 Å². The van der Waals surface area contributed by atoms with Crippen LogP contribution < -0.4 is 17.0 Å². The standard InChI is InChI=1S/C9H13N3O5S/c10-3-1-12(9(17)11-7(3)16)8-6(15)5(14)4(2-13)18-8/h1,4-6,8,13-15H,2,10H2,(H,11,16,17)/t4-,5-,6-,8-/m0/s1. The van der Waals surface area contributed by atoms with Crippen molar-refractivity contribution < 1.29 is 15.3 Å². The number of aliphatic hydroxyl groups excluding tert-OH is 3. The summed E-state index contributed by atoms with van der Waals surface area (Å²) >= 11 is 1.04. The summed E-state index contributed by atoms with van der Waals surface area (Å²) in [6.45, 7) is -0.326. The van der Waals surface area contributed by atoms with Crippen molar-refractivity contribution in [3.63, 3.8) is 0 Å². The van der Waals surface area contributed by atoms with E-state index in [2.05, 4.69) is 0 Å². The van der Waals surface area contributed by atoms with Crippen molar-refractivity contribution in [2.24, 2.45) is 0 Å². The maximum atomic E-state index is 11.6. The summed E-state index contributed by atoms with van der Waals surface area (Å²) in [4.78, 5) is 24.7. The summed E-state index contributed by atoms with van der Waals surface area (Å²) in [5, 5.41) is 27.1. The summed E-state index contributed by atoms with van der Waals surface area (Å²) in [6.07, 6.45) is -1.26. The number of hydrogen-bond donors (Lipinski definition) is 5. The van der Waals surface area contributed by atoms with Crippen LogP contribution in [0, 0.1) is 0 Å². The molecule has 9 heteroatoms. The Morgan fingerprint density at radius 2 is 2.06 bits per heavy atom. The quantitative estimate of drug-likeness (QED) is 0.400. The predicted molar refractivity (Wildman–Crippen MR) is 65.3 cm³/mol. The van der Waals surface area contributed by atoms with Crippen molar-refractivity contribution in [1.82, 2.24) is 9.55 Å². The van der Waals surface area contributed by atoms with Crippen LogP contribution in [0.3, 0.4) is 0 Å². The molecule has 2 rings (SSSR count). The largest absolute Gasteiger partial charge is 0.395 e. The highest BCUT2D eigenvalue weighted by atomic mass is 32.2. The molecule has 18 heavy (non-hydrogen) atoms. The SMILES string of the molecule is Nc1cn([C@H]2S[C@@H](CO)[C@H](O)[C@@H]2O)c(=O)[nH]c1=O. The van der Waals surface area contributed by atoms with E-state index in [-0.39, 0.29) is 12.3 Å². The number of H-pyrrole nitrogens is 1. The Labute approximate surface area is 105 Å². The van der Waals surface area contributed by atoms with E-state index in [1.54, 1.807) is 0 Å². The Bertz CT molecular complexity index is 556. The van der Waals surface area contributed by atoms with E-state index in [4.69, 9.17) is 10.8 Å². The van der Waals surface area contributed by atoms with Crippen LogP contribution in [0.4, 0.5) is 5.69 Å². The third kappa shape index (κ3) is 2.05. The predicted octanol–water partition coefficient (Wildman–Crippen LogP) is -2.55. The second-order valence-electron chi connectivity index (χ2n) is 3.98. The van der Waals surface area contributed by atoms with E-state index in [1.165, 1.54) is 0 Å². The van der Waals surface area contributed by atoms with Crippen molar-refractivity contribution in [3.05, 3.63) is 27.0 Å². The molecule has 0 aromatic carbocycles. The van der Waals surface area contributed by atoms with Gasteiger partial charge in [0.2, 0.25) is 0 Å². The van der Waals surface area contributed by atoms with Crippen LogP contribution in [-0.2, 0) is 0 Å². The van der Waals surface area contributed by atoms with Crippen molar-refractivity contribution in [2.45, 2.75) is 22.8 Å². The van der Waals surface area contributed by atoms with Crippen LogP contribution in [-0.4, -0.2) is 48.9 Å². The minimum atomic E-state index is -1.23. The first kappa shape index (κ1) is 13.1. The first-order chi connectivity index (χ1) is 8.45. The molecule has 0 saturated carbocycles. The van der Waals surface area contributed by atoms with Crippen molar-refractivity contribution in [2.75, 3.05) is 12.3 Å². The number of anilines is 1. The number of thioether (sulfide) groups is 1. The van der Waals surface area contributed by atoms with Crippen molar-refractivity contribution in [1.29, 1.82) is 0 Å². The lowest BCUT2D eigenvalue weighted by atomic mass is 10.1. The summed E-state index contributed by atoms with van der Waals surface area (Å²) in [6, 6.07) is 0. The number of aromatic nitrogens is 2. The average Bonchev–Trinajstić information content (AvgIpc) is 2.61. The molecule has 0 bridgehead atoms. The molecule has 1 aliphatic heterocycles. The van der Waals surface area contributed by atoms with Gasteiger partial charge in [-0.1, -0.05) is 0 Å². The molecule has 0 unspecified atom stereocenters. The van der Waals surface area contributed by atoms with Gasteiger partial charge in [-0.3, -0.25) is 14.3 Å². The van der Waals surface area contributed by atoms with Gasteiger partial charge in [0.1, 0.15) is 17.2 Å². The van der Waals surface area contributed by atoms with E-state index in [0.29, 0.717) is 0 Å². The van der Waals surface area contributed by atoms with Gasteiger partial charge in [-0.15, -0.1) is 11.8 Å². The molecule has 0 spiro atoms. The fourth-order valence-corrected chi connectivity index (χ4v) is 3.18. The van der Waals surface area contributed by atoms with Crippen LogP contribution in [0.25, 0.3) is 0 Å². The number of hydrogen-bond acceptors (Lipinski definition) is 7. The van der Waals surface area contributed by atoms with E-state index < -0.39 is 34.1 Å². The Morgan fingerprint density at radius 3 is 2.61 bits per heavy atom. The zero-order chi connectivity index (χ0) is 13.4. The topological polar surface area (TPSA) is 142 Å². The Morgan fingerprint density at radius 1 is 1.39 bits per heavy atom. The van der Waals surface area contributed by atoms with Gasteiger partial charge in [0, 0.05) is 6.20 Å². The number of rotatable bonds is 2. The number of nitrogens with one attached hydrogen (secondary N) is 1. The maximum absolute atomic E-state index is 11.6. The summed E-state index contributed by atoms with van der Waals surface area (Å²) in [5.41, 5.74) is 3.81. The van der Waals surface area contributed by atoms with Crippen molar-refractivity contribution >= 4 is 17.4 Å². The van der Waals surface area contributed by atoms with E-state index >= 15 is 0 Å². The van der Waals surface area contributed by atoms with Gasteiger partial charge in [-0.25, -0.2) is 4.79 Å². The Kier molecular flexibility index (Phi) is 3.48. The Balaban J connectivity index is 2.42. The van der Waals surface area contributed by atoms with Crippen LogP contribution in [0.1, 0.15) is 5.37 Å². The highest BCUT2D eigenvalue weighted by Crippen LogP contribution is 2.40. The lowest BCUT2D eigenvalue weighted by Crippen LogP contribution is -2.38. The monoisotopic (exact) mass is 275 g/mol. The van der Waals surface area contributed by atoms with Gasteiger partial charge in [0.05, 0.1) is 18.0 Å². The van der Waals surface area contributed by atoms with E-state index in [1.807, 2.05) is 4.98 Å². The fourth-order valence-electron chi connectivity index (χ4n) is 1.80. The first-order valence-corrected chi connectivity index (χ1v) is 6.13. The van der Waals surface area contributed by atoms with Gasteiger partial charge in [-0.2, -0.15) is 0 Å². The third-order valence-corrected chi connectivity index (χ3v) is 4.35. The molecular weight excluding hydrogens is 262 g/mol. The molecule has 1 aliphatic rings. The first-order valence-electron chi connectivity index (χ1n) is 5.19. The molecule has 0 amide bonds. The molecule has 1 saturated heterocycles. The molecule has 0 radical (unpaired) electrons. The molecule has 2 heterocycles. The highest BCUT2D eigenvalue weighted by molar-refractivity contribution is 8.00. The lowest BCUT2D eigenvalue weighted by molar-refractivity contribution is 0.0101. The van der Waals surface area contributed by atoms with Crippen molar-refractivity contribution in [3.8, 4) is 0 Å². The number of nitrogens with two attached hydrogens (primary N) is 1. The third-order valence-electron chi connectivity index (χ3n) is 2.79. The number of nitrogen functional groups attached to an aromatic ring is 1. The van der Waals surface area contributed by atoms with Crippen LogP contribution in [0.2, 0.25) is 0 Å². The summed E-state index contributed by atoms with van der Waals surface area (Å²) in [7, 11) is 0. The normalized spacial score (nSPS) is 31.7. The van der Waals surface area contributed by atoms with E-state index in [9.17, 15) is 19.8 Å². The van der Waals surface area contributed by atoms with Gasteiger partial charge in [0.25, 0.3) is 5.56 Å². The molecule has 0 aliphatic carbocycles. The minimum Gasteiger partial charge on any atom is -0.395 e. The molecular formula is C9H13N3O5S. The molecule has 4 atom stereocenters. The van der Waals surface area contributed by atoms with Gasteiger partial charge in [-0.05, 0) is 0 Å². The van der Waals surface area contributed by atoms with Crippen LogP contribution in [0.15, 0.2) is 15.8 Å². The molecule has 1 aromatic heterocycles. The second kappa shape index (κ2) is 4.76. The average molecular weight is 275 g/mol. The highest BCUT2D eigenvalue weighted by Gasteiger charge is 2.43. The fraction of sp³-hybridized carbons (Fsp3) is 0.556. The zero-order valence-corrected chi connectivity index (χ0v) is 10.0. The van der Waals surface area contributed by atoms with Gasteiger partial charge >= 0.3 is 5.69 Å². The van der Waals surface area contributed by atoms with E-state index in [0.717, 1.165) is 22.5 Å². The molecule has 1 fully saturated rings. The second-order valence-corrected chi connectivity index (χ2v) is 5.34. The Hall–Kier alpha value is -1.29. The number of aromatic amines is 1. The number of nitrogens with zero attached hydrogens (tertiary/aromatic N) is 1. The van der Waals surface area contributed by atoms with Gasteiger partial charge < -0.3 is 21.1 Å². The molecule has 6 N–H and O–H groups in total. The molecule has 1 aromatic rings. The lowest BCUT2D eigenvalue weighted by Gasteiger charge is -2.17.